The topological polar surface area (TPSA) is 66.8 Å². The van der Waals surface area contributed by atoms with Gasteiger partial charge >= 0.3 is 0 Å². The van der Waals surface area contributed by atoms with Crippen LogP contribution < -0.4 is 9.47 Å². The highest BCUT2D eigenvalue weighted by Crippen LogP contribution is 2.33. The largest absolute Gasteiger partial charge is 0.591 e. The van der Waals surface area contributed by atoms with Crippen molar-refractivity contribution in [3.63, 3.8) is 0 Å². The van der Waals surface area contributed by atoms with Crippen molar-refractivity contribution in [2.24, 2.45) is 4.40 Å². The van der Waals surface area contributed by atoms with E-state index in [-0.39, 0.29) is 4.75 Å². The minimum Gasteiger partial charge on any atom is -0.591 e. The third-order valence-electron chi connectivity index (χ3n) is 2.29. The van der Waals surface area contributed by atoms with Crippen molar-refractivity contribution in [2.45, 2.75) is 25.5 Å². The lowest BCUT2D eigenvalue weighted by Crippen LogP contribution is -2.26. The third kappa shape index (κ3) is 3.73. The van der Waals surface area contributed by atoms with Crippen LogP contribution >= 0.6 is 22.6 Å². The van der Waals surface area contributed by atoms with E-state index in [1.807, 2.05) is 26.8 Å². The fourth-order valence-corrected chi connectivity index (χ4v) is 2.56. The van der Waals surface area contributed by atoms with Crippen LogP contribution in [0.2, 0.25) is 0 Å². The maximum Gasteiger partial charge on any atom is 0.258 e. The van der Waals surface area contributed by atoms with E-state index < -0.39 is 11.4 Å². The maximum absolute atomic E-state index is 11.8. The van der Waals surface area contributed by atoms with E-state index in [1.165, 1.54) is 6.21 Å². The number of hydrogen-bond donors (Lipinski definition) is 0. The molecule has 0 saturated heterocycles. The molecule has 1 aromatic rings. The van der Waals surface area contributed by atoms with Gasteiger partial charge in [0.2, 0.25) is 0 Å². The second kappa shape index (κ2) is 5.84. The third-order valence-corrected chi connectivity index (χ3v) is 4.44. The van der Waals surface area contributed by atoms with Crippen LogP contribution in [0.5, 0.6) is 11.6 Å². The van der Waals surface area contributed by atoms with Crippen molar-refractivity contribution in [3.8, 4) is 11.6 Å². The molecule has 0 aliphatic carbocycles. The summed E-state index contributed by atoms with van der Waals surface area (Å²) in [5, 5.41) is 0. The van der Waals surface area contributed by atoms with Crippen LogP contribution in [0, 0.1) is 3.57 Å². The van der Waals surface area contributed by atoms with E-state index in [0.717, 1.165) is 3.57 Å². The molecule has 5 nitrogen and oxygen atoms in total. The van der Waals surface area contributed by atoms with E-state index in [4.69, 9.17) is 9.47 Å². The zero-order valence-electron chi connectivity index (χ0n) is 11.0. The van der Waals surface area contributed by atoms with Gasteiger partial charge in [-0.3, -0.25) is 0 Å². The van der Waals surface area contributed by atoms with Gasteiger partial charge in [0, 0.05) is 0 Å². The van der Waals surface area contributed by atoms with Gasteiger partial charge in [0.1, 0.15) is 35.5 Å². The van der Waals surface area contributed by atoms with Gasteiger partial charge in [0.25, 0.3) is 5.88 Å². The average Bonchev–Trinajstić information content (AvgIpc) is 2.35. The molecular weight excluding hydrogens is 379 g/mol. The summed E-state index contributed by atoms with van der Waals surface area (Å²) in [6.07, 6.45) is 1.52. The fourth-order valence-electron chi connectivity index (χ4n) is 1.33. The lowest BCUT2D eigenvalue weighted by Gasteiger charge is -2.19. The molecule has 19 heavy (non-hydrogen) atoms. The summed E-state index contributed by atoms with van der Waals surface area (Å²) >= 11 is 0.868. The Kier molecular flexibility index (Phi) is 4.57. The summed E-state index contributed by atoms with van der Waals surface area (Å²) in [7, 11) is 0. The lowest BCUT2D eigenvalue weighted by molar-refractivity contribution is 0.163. The van der Waals surface area contributed by atoms with Crippen LogP contribution in [0.4, 0.5) is 0 Å². The van der Waals surface area contributed by atoms with Crippen molar-refractivity contribution >= 4 is 40.2 Å². The number of rotatable bonds is 2. The van der Waals surface area contributed by atoms with Crippen LogP contribution in [0.3, 0.4) is 0 Å². The molecular formula is C12H15IN2O3S. The number of halogens is 1. The Morgan fingerprint density at radius 1 is 1.42 bits per heavy atom. The zero-order chi connectivity index (χ0) is 14.0. The predicted octanol–water partition coefficient (Wildman–Crippen LogP) is 2.34. The summed E-state index contributed by atoms with van der Waals surface area (Å²) in [6.45, 7) is 6.65. The van der Waals surface area contributed by atoms with Crippen molar-refractivity contribution < 1.29 is 14.0 Å². The summed E-state index contributed by atoms with van der Waals surface area (Å²) in [5.41, 5.74) is 0.617. The Morgan fingerprint density at radius 3 is 2.79 bits per heavy atom. The molecule has 1 aromatic heterocycles. The number of hydrogen-bond acceptors (Lipinski definition) is 5. The Balaban J connectivity index is 2.22. The smallest absolute Gasteiger partial charge is 0.258 e. The Labute approximate surface area is 129 Å². The van der Waals surface area contributed by atoms with Crippen molar-refractivity contribution in [3.05, 3.63) is 15.3 Å². The molecule has 0 N–H and O–H groups in total. The molecule has 7 heteroatoms. The summed E-state index contributed by atoms with van der Waals surface area (Å²) in [4.78, 5) is 4.29. The fraction of sp³-hybridized carbons (Fsp3) is 0.500. The second-order valence-electron chi connectivity index (χ2n) is 4.96. The van der Waals surface area contributed by atoms with Crippen LogP contribution in [0.1, 0.15) is 26.5 Å². The van der Waals surface area contributed by atoms with E-state index in [2.05, 4.69) is 32.0 Å². The Bertz CT molecular complexity index is 502. The standard InChI is InChI=1S/C12H15IN2O3S/c1-12(2,3)19(16)14-7-8-6-9(13)10-11(15-8)18-5-4-17-10/h6-7H,4-5H2,1-3H3. The Hall–Kier alpha value is -0.540. The van der Waals surface area contributed by atoms with Crippen LogP contribution in [0.15, 0.2) is 10.5 Å². The van der Waals surface area contributed by atoms with Crippen molar-refractivity contribution in [1.82, 2.24) is 4.98 Å². The first-order valence-corrected chi connectivity index (χ1v) is 7.98. The number of nitrogens with zero attached hydrogens (tertiary/aromatic N) is 2. The highest BCUT2D eigenvalue weighted by atomic mass is 127. The molecule has 0 amide bonds. The molecule has 2 heterocycles. The SMILES string of the molecule is CC(C)(C)[S+]([O-])N=Cc1cc(I)c2c(n1)OCCO2. The van der Waals surface area contributed by atoms with Gasteiger partial charge in [-0.1, -0.05) is 4.40 Å². The van der Waals surface area contributed by atoms with Crippen LogP contribution in [-0.2, 0) is 11.4 Å². The van der Waals surface area contributed by atoms with E-state index in [1.54, 1.807) is 0 Å². The van der Waals surface area contributed by atoms with E-state index in [0.29, 0.717) is 30.5 Å². The van der Waals surface area contributed by atoms with Crippen molar-refractivity contribution in [2.75, 3.05) is 13.2 Å². The van der Waals surface area contributed by atoms with Gasteiger partial charge in [0.05, 0.1) is 9.26 Å². The highest BCUT2D eigenvalue weighted by Gasteiger charge is 2.26. The molecule has 0 fully saturated rings. The highest BCUT2D eigenvalue weighted by molar-refractivity contribution is 14.1. The van der Waals surface area contributed by atoms with Crippen molar-refractivity contribution in [1.29, 1.82) is 0 Å². The van der Waals surface area contributed by atoms with Crippen LogP contribution in [0.25, 0.3) is 0 Å². The van der Waals surface area contributed by atoms with Gasteiger partial charge < -0.3 is 14.0 Å². The lowest BCUT2D eigenvalue weighted by atomic mass is 10.3. The molecule has 1 unspecified atom stereocenters. The quantitative estimate of drug-likeness (QED) is 0.439. The molecule has 1 aliphatic heterocycles. The molecule has 0 aromatic carbocycles. The van der Waals surface area contributed by atoms with E-state index >= 15 is 0 Å². The number of ether oxygens (including phenoxy) is 2. The first-order chi connectivity index (χ1) is 8.88. The maximum atomic E-state index is 11.8. The molecule has 1 atom stereocenters. The van der Waals surface area contributed by atoms with Gasteiger partial charge in [-0.2, -0.15) is 0 Å². The second-order valence-corrected chi connectivity index (χ2v) is 8.05. The molecule has 2 rings (SSSR count). The zero-order valence-corrected chi connectivity index (χ0v) is 13.9. The minimum atomic E-state index is -1.29. The number of fused-ring (bicyclic) bond motifs is 1. The van der Waals surface area contributed by atoms with Gasteiger partial charge in [-0.15, -0.1) is 0 Å². The summed E-state index contributed by atoms with van der Waals surface area (Å²) in [6, 6.07) is 1.83. The van der Waals surface area contributed by atoms with Gasteiger partial charge in [0.15, 0.2) is 5.75 Å². The normalized spacial score (nSPS) is 16.7. The molecule has 1 aliphatic rings. The van der Waals surface area contributed by atoms with Gasteiger partial charge in [-0.25, -0.2) is 4.98 Å². The average molecular weight is 394 g/mol. The molecule has 104 valence electrons. The minimum absolute atomic E-state index is 0.378. The molecule has 0 spiro atoms. The summed E-state index contributed by atoms with van der Waals surface area (Å²) < 4.78 is 27.3. The molecule has 0 radical (unpaired) electrons. The Morgan fingerprint density at radius 2 is 2.11 bits per heavy atom. The molecule has 0 saturated carbocycles. The summed E-state index contributed by atoms with van der Waals surface area (Å²) in [5.74, 6) is 1.14. The predicted molar refractivity (Wildman–Crippen MR) is 83.4 cm³/mol. The first kappa shape index (κ1) is 14.9. The monoisotopic (exact) mass is 394 g/mol. The first-order valence-electron chi connectivity index (χ1n) is 5.80. The van der Waals surface area contributed by atoms with E-state index in [9.17, 15) is 4.55 Å². The molecule has 0 bridgehead atoms. The number of aromatic nitrogens is 1. The number of pyridine rings is 1. The van der Waals surface area contributed by atoms with Gasteiger partial charge in [-0.05, 0) is 49.4 Å². The van der Waals surface area contributed by atoms with Crippen LogP contribution in [-0.4, -0.2) is 33.7 Å².